The molecule has 0 bridgehead atoms. The summed E-state index contributed by atoms with van der Waals surface area (Å²) in [5.74, 6) is -0.465. The van der Waals surface area contributed by atoms with Gasteiger partial charge in [0, 0.05) is 11.1 Å². The molecule has 0 aliphatic rings. The molecule has 0 aliphatic carbocycles. The van der Waals surface area contributed by atoms with Crippen LogP contribution in [0.1, 0.15) is 15.9 Å². The molecule has 0 heterocycles. The minimum Gasteiger partial charge on any atom is -0.497 e. The number of carbonyl (C=O) groups excluding carboxylic acids is 1. The molecule has 0 N–H and O–H groups in total. The van der Waals surface area contributed by atoms with Gasteiger partial charge < -0.3 is 9.47 Å². The van der Waals surface area contributed by atoms with Crippen LogP contribution in [0.15, 0.2) is 36.4 Å². The molecule has 0 unspecified atom stereocenters. The molecular formula is C15H12ClFO3. The molecule has 104 valence electrons. The zero-order chi connectivity index (χ0) is 14.7. The van der Waals surface area contributed by atoms with Crippen molar-refractivity contribution in [1.29, 1.82) is 0 Å². The highest BCUT2D eigenvalue weighted by Crippen LogP contribution is 2.27. The third-order valence-corrected chi connectivity index (χ3v) is 3.06. The van der Waals surface area contributed by atoms with E-state index in [1.165, 1.54) is 32.4 Å². The summed E-state index contributed by atoms with van der Waals surface area (Å²) >= 11 is 5.87. The fourth-order valence-electron chi connectivity index (χ4n) is 1.81. The molecule has 0 spiro atoms. The number of ketones is 1. The van der Waals surface area contributed by atoms with Crippen LogP contribution in [0.2, 0.25) is 5.02 Å². The Kier molecular flexibility index (Phi) is 4.25. The quantitative estimate of drug-likeness (QED) is 0.806. The fourth-order valence-corrected chi connectivity index (χ4v) is 1.98. The van der Waals surface area contributed by atoms with Crippen molar-refractivity contribution in [2.24, 2.45) is 0 Å². The van der Waals surface area contributed by atoms with Crippen molar-refractivity contribution < 1.29 is 18.7 Å². The van der Waals surface area contributed by atoms with Crippen molar-refractivity contribution in [1.82, 2.24) is 0 Å². The summed E-state index contributed by atoms with van der Waals surface area (Å²) < 4.78 is 23.9. The molecule has 0 aliphatic heterocycles. The first-order valence-electron chi connectivity index (χ1n) is 5.78. The monoisotopic (exact) mass is 294 g/mol. The molecule has 2 rings (SSSR count). The molecule has 0 amide bonds. The Morgan fingerprint density at radius 1 is 1.05 bits per heavy atom. The molecule has 0 saturated heterocycles. The van der Waals surface area contributed by atoms with Gasteiger partial charge in [-0.2, -0.15) is 0 Å². The molecule has 0 fully saturated rings. The molecule has 0 atom stereocenters. The van der Waals surface area contributed by atoms with Crippen LogP contribution in [-0.4, -0.2) is 20.0 Å². The van der Waals surface area contributed by atoms with E-state index in [0.29, 0.717) is 16.5 Å². The van der Waals surface area contributed by atoms with Crippen LogP contribution >= 0.6 is 11.6 Å². The van der Waals surface area contributed by atoms with E-state index in [1.807, 2.05) is 0 Å². The predicted octanol–water partition coefficient (Wildman–Crippen LogP) is 3.73. The van der Waals surface area contributed by atoms with Crippen molar-refractivity contribution in [3.63, 3.8) is 0 Å². The van der Waals surface area contributed by atoms with Crippen molar-refractivity contribution >= 4 is 17.4 Å². The lowest BCUT2D eigenvalue weighted by molar-refractivity contribution is 0.103. The third kappa shape index (κ3) is 2.75. The normalized spacial score (nSPS) is 10.2. The molecular weight excluding hydrogens is 283 g/mol. The highest BCUT2D eigenvalue weighted by atomic mass is 35.5. The largest absolute Gasteiger partial charge is 0.497 e. The van der Waals surface area contributed by atoms with Gasteiger partial charge in [-0.05, 0) is 30.3 Å². The van der Waals surface area contributed by atoms with Crippen LogP contribution in [-0.2, 0) is 0 Å². The SMILES string of the molecule is COc1ccc(C(=O)c2cc(Cl)ccc2OC)c(F)c1. The second kappa shape index (κ2) is 5.92. The zero-order valence-corrected chi connectivity index (χ0v) is 11.7. The lowest BCUT2D eigenvalue weighted by Gasteiger charge is -2.09. The number of hydrogen-bond acceptors (Lipinski definition) is 3. The van der Waals surface area contributed by atoms with Crippen molar-refractivity contribution in [3.8, 4) is 11.5 Å². The van der Waals surface area contributed by atoms with Gasteiger partial charge in [-0.3, -0.25) is 4.79 Å². The van der Waals surface area contributed by atoms with E-state index in [9.17, 15) is 9.18 Å². The smallest absolute Gasteiger partial charge is 0.199 e. The second-order valence-electron chi connectivity index (χ2n) is 4.02. The Bertz CT molecular complexity index is 656. The number of ether oxygens (including phenoxy) is 2. The van der Waals surface area contributed by atoms with Crippen molar-refractivity contribution in [2.45, 2.75) is 0 Å². The van der Waals surface area contributed by atoms with E-state index < -0.39 is 11.6 Å². The van der Waals surface area contributed by atoms with Crippen LogP contribution in [0.3, 0.4) is 0 Å². The van der Waals surface area contributed by atoms with Crippen molar-refractivity contribution in [2.75, 3.05) is 14.2 Å². The molecule has 3 nitrogen and oxygen atoms in total. The fraction of sp³-hybridized carbons (Fsp3) is 0.133. The number of benzene rings is 2. The van der Waals surface area contributed by atoms with Crippen LogP contribution in [0.5, 0.6) is 11.5 Å². The summed E-state index contributed by atoms with van der Waals surface area (Å²) in [4.78, 5) is 12.4. The van der Waals surface area contributed by atoms with E-state index >= 15 is 0 Å². The average molecular weight is 295 g/mol. The van der Waals surface area contributed by atoms with Gasteiger partial charge in [0.05, 0.1) is 25.3 Å². The van der Waals surface area contributed by atoms with E-state index in [-0.39, 0.29) is 11.1 Å². The first-order valence-corrected chi connectivity index (χ1v) is 6.16. The molecule has 0 aromatic heterocycles. The highest BCUT2D eigenvalue weighted by molar-refractivity contribution is 6.31. The molecule has 2 aromatic carbocycles. The summed E-state index contributed by atoms with van der Waals surface area (Å²) in [6.45, 7) is 0. The van der Waals surface area contributed by atoms with Crippen LogP contribution < -0.4 is 9.47 Å². The molecule has 0 saturated carbocycles. The molecule has 0 radical (unpaired) electrons. The predicted molar refractivity (Wildman–Crippen MR) is 74.4 cm³/mol. The van der Waals surface area contributed by atoms with Crippen molar-refractivity contribution in [3.05, 3.63) is 58.4 Å². The van der Waals surface area contributed by atoms with Crippen LogP contribution in [0.25, 0.3) is 0 Å². The van der Waals surface area contributed by atoms with Gasteiger partial charge in [0.15, 0.2) is 5.78 Å². The number of hydrogen-bond donors (Lipinski definition) is 0. The molecule has 20 heavy (non-hydrogen) atoms. The topological polar surface area (TPSA) is 35.5 Å². The highest BCUT2D eigenvalue weighted by Gasteiger charge is 2.19. The summed E-state index contributed by atoms with van der Waals surface area (Å²) in [5.41, 5.74) is 0.149. The number of rotatable bonds is 4. The maximum Gasteiger partial charge on any atom is 0.199 e. The Morgan fingerprint density at radius 2 is 1.80 bits per heavy atom. The number of carbonyl (C=O) groups is 1. The number of halogens is 2. The van der Waals surface area contributed by atoms with Gasteiger partial charge in [-0.15, -0.1) is 0 Å². The van der Waals surface area contributed by atoms with Gasteiger partial charge in [-0.25, -0.2) is 4.39 Å². The summed E-state index contributed by atoms with van der Waals surface area (Å²) in [6, 6.07) is 8.67. The maximum atomic E-state index is 13.9. The minimum atomic E-state index is -0.656. The van der Waals surface area contributed by atoms with E-state index in [0.717, 1.165) is 6.07 Å². The second-order valence-corrected chi connectivity index (χ2v) is 4.46. The summed E-state index contributed by atoms with van der Waals surface area (Å²) in [5, 5.41) is 0.378. The standard InChI is InChI=1S/C15H12ClFO3/c1-19-10-4-5-11(13(17)8-10)15(18)12-7-9(16)3-6-14(12)20-2/h3-8H,1-2H3. The van der Waals surface area contributed by atoms with E-state index in [4.69, 9.17) is 21.1 Å². The van der Waals surface area contributed by atoms with Gasteiger partial charge in [0.1, 0.15) is 17.3 Å². The lowest BCUT2D eigenvalue weighted by Crippen LogP contribution is -2.06. The Hall–Kier alpha value is -2.07. The Balaban J connectivity index is 2.48. The van der Waals surface area contributed by atoms with E-state index in [2.05, 4.69) is 0 Å². The average Bonchev–Trinajstić information content (AvgIpc) is 2.46. The molecule has 2 aromatic rings. The Labute approximate surface area is 120 Å². The van der Waals surface area contributed by atoms with Gasteiger partial charge >= 0.3 is 0 Å². The molecule has 5 heteroatoms. The summed E-state index contributed by atoms with van der Waals surface area (Å²) in [7, 11) is 2.86. The number of methoxy groups -OCH3 is 2. The maximum absolute atomic E-state index is 13.9. The van der Waals surface area contributed by atoms with Gasteiger partial charge in [-0.1, -0.05) is 11.6 Å². The first-order chi connectivity index (χ1) is 9.56. The lowest BCUT2D eigenvalue weighted by atomic mass is 10.0. The Morgan fingerprint density at radius 3 is 2.40 bits per heavy atom. The van der Waals surface area contributed by atoms with Gasteiger partial charge in [0.25, 0.3) is 0 Å². The van der Waals surface area contributed by atoms with E-state index in [1.54, 1.807) is 12.1 Å². The van der Waals surface area contributed by atoms with Crippen LogP contribution in [0, 0.1) is 5.82 Å². The van der Waals surface area contributed by atoms with Gasteiger partial charge in [0.2, 0.25) is 0 Å². The minimum absolute atomic E-state index is 0.0635. The third-order valence-electron chi connectivity index (χ3n) is 2.83. The first kappa shape index (κ1) is 14.3. The van der Waals surface area contributed by atoms with Crippen LogP contribution in [0.4, 0.5) is 4.39 Å². The zero-order valence-electron chi connectivity index (χ0n) is 10.9. The summed E-state index contributed by atoms with van der Waals surface area (Å²) in [6.07, 6.45) is 0.